The van der Waals surface area contributed by atoms with E-state index in [1.807, 2.05) is 0 Å². The third-order valence-corrected chi connectivity index (χ3v) is 8.00. The molecule has 0 aromatic heterocycles. The molecule has 0 spiro atoms. The average molecular weight is 449 g/mol. The Bertz CT molecular complexity index is 959. The van der Waals surface area contributed by atoms with Crippen molar-refractivity contribution in [2.45, 2.75) is 14.7 Å². The fourth-order valence-corrected chi connectivity index (χ4v) is 5.93. The molecule has 0 aliphatic carbocycles. The maximum absolute atomic E-state index is 13.1. The Balaban J connectivity index is 2.10. The van der Waals surface area contributed by atoms with Crippen LogP contribution < -0.4 is 0 Å². The predicted octanol–water partition coefficient (Wildman–Crippen LogP) is 4.07. The van der Waals surface area contributed by atoms with Crippen molar-refractivity contribution in [3.63, 3.8) is 0 Å². The van der Waals surface area contributed by atoms with Gasteiger partial charge in [-0.25, -0.2) is 8.42 Å². The summed E-state index contributed by atoms with van der Waals surface area (Å²) in [7, 11) is -3.95. The van der Waals surface area contributed by atoms with Gasteiger partial charge in [0.15, 0.2) is 0 Å². The smallest absolute Gasteiger partial charge is 0.270 e. The number of non-ortho nitro benzene ring substituents is 1. The first-order chi connectivity index (χ1) is 12.8. The summed E-state index contributed by atoms with van der Waals surface area (Å²) < 4.78 is 32.7. The molecule has 0 bridgehead atoms. The van der Waals surface area contributed by atoms with Gasteiger partial charge in [0, 0.05) is 35.0 Å². The van der Waals surface area contributed by atoms with Gasteiger partial charge in [-0.3, -0.25) is 10.1 Å². The highest BCUT2D eigenvalue weighted by atomic mass is 35.5. The predicted molar refractivity (Wildman–Crippen MR) is 103 cm³/mol. The minimum absolute atomic E-state index is 0.153. The second-order valence-electron chi connectivity index (χ2n) is 5.56. The highest BCUT2D eigenvalue weighted by Gasteiger charge is 2.31. The van der Waals surface area contributed by atoms with Gasteiger partial charge >= 0.3 is 0 Å². The molecule has 0 atom stereocenters. The van der Waals surface area contributed by atoms with Gasteiger partial charge in [-0.05, 0) is 18.2 Å². The quantitative estimate of drug-likeness (QED) is 0.505. The molecule has 2 aromatic carbocycles. The normalized spacial score (nSPS) is 15.6. The Morgan fingerprint density at radius 2 is 1.74 bits per heavy atom. The number of morpholine rings is 1. The van der Waals surface area contributed by atoms with Crippen LogP contribution in [-0.2, 0) is 14.8 Å². The molecule has 3 rings (SSSR count). The molecule has 0 N–H and O–H groups in total. The summed E-state index contributed by atoms with van der Waals surface area (Å²) in [4.78, 5) is 11.2. The molecule has 7 nitrogen and oxygen atoms in total. The maximum atomic E-state index is 13.1. The number of nitro groups is 1. The van der Waals surface area contributed by atoms with Crippen molar-refractivity contribution in [3.05, 3.63) is 56.6 Å². The van der Waals surface area contributed by atoms with E-state index in [0.717, 1.165) is 17.8 Å². The van der Waals surface area contributed by atoms with Crippen molar-refractivity contribution < 1.29 is 18.1 Å². The minimum Gasteiger partial charge on any atom is -0.379 e. The Hall–Kier alpha value is -1.36. The van der Waals surface area contributed by atoms with Crippen molar-refractivity contribution in [2.75, 3.05) is 26.3 Å². The number of nitrogens with zero attached hydrogens (tertiary/aromatic N) is 2. The molecule has 0 unspecified atom stereocenters. The largest absolute Gasteiger partial charge is 0.379 e. The third kappa shape index (κ3) is 4.39. The molecule has 1 aliphatic heterocycles. The summed E-state index contributed by atoms with van der Waals surface area (Å²) in [6.07, 6.45) is 0. The Morgan fingerprint density at radius 1 is 1.11 bits per heavy atom. The number of benzene rings is 2. The van der Waals surface area contributed by atoms with E-state index in [1.54, 1.807) is 18.2 Å². The second-order valence-corrected chi connectivity index (χ2v) is 9.33. The zero-order valence-corrected chi connectivity index (χ0v) is 16.9. The molecule has 27 heavy (non-hydrogen) atoms. The summed E-state index contributed by atoms with van der Waals surface area (Å²) in [5.41, 5.74) is -0.309. The highest BCUT2D eigenvalue weighted by Crippen LogP contribution is 2.42. The van der Waals surface area contributed by atoms with Crippen LogP contribution in [0.5, 0.6) is 0 Å². The van der Waals surface area contributed by atoms with Crippen molar-refractivity contribution in [2.24, 2.45) is 0 Å². The van der Waals surface area contributed by atoms with Gasteiger partial charge in [-0.1, -0.05) is 41.0 Å². The summed E-state index contributed by atoms with van der Waals surface area (Å²) in [6.45, 7) is 0.907. The van der Waals surface area contributed by atoms with Crippen molar-refractivity contribution in [1.82, 2.24) is 4.31 Å². The molecule has 1 fully saturated rings. The van der Waals surface area contributed by atoms with Gasteiger partial charge in [0.2, 0.25) is 10.0 Å². The van der Waals surface area contributed by atoms with Gasteiger partial charge in [-0.2, -0.15) is 4.31 Å². The molecule has 1 heterocycles. The molecule has 1 saturated heterocycles. The van der Waals surface area contributed by atoms with E-state index in [1.165, 1.54) is 16.4 Å². The van der Waals surface area contributed by atoms with E-state index >= 15 is 0 Å². The van der Waals surface area contributed by atoms with E-state index < -0.39 is 14.9 Å². The molecule has 0 saturated carbocycles. The molecule has 11 heteroatoms. The lowest BCUT2D eigenvalue weighted by atomic mass is 10.3. The molecular formula is C16H14Cl2N2O5S2. The number of rotatable bonds is 5. The van der Waals surface area contributed by atoms with Crippen LogP contribution in [0.25, 0.3) is 0 Å². The Labute approximate surface area is 170 Å². The van der Waals surface area contributed by atoms with Crippen LogP contribution in [0.3, 0.4) is 0 Å². The monoisotopic (exact) mass is 448 g/mol. The first-order valence-electron chi connectivity index (χ1n) is 7.79. The van der Waals surface area contributed by atoms with Crippen molar-refractivity contribution in [1.29, 1.82) is 0 Å². The zero-order valence-electron chi connectivity index (χ0n) is 13.8. The number of sulfonamides is 1. The Morgan fingerprint density at radius 3 is 2.33 bits per heavy atom. The summed E-state index contributed by atoms with van der Waals surface area (Å²) in [5.74, 6) is 0. The van der Waals surface area contributed by atoms with Crippen LogP contribution in [-0.4, -0.2) is 43.9 Å². The standard InChI is InChI=1S/C16H14Cl2N2O5S2/c17-12-2-1-3-13(18)16(12)26-14-5-4-11(20(21)22)10-15(14)27(23,24)19-6-8-25-9-7-19/h1-5,10H,6-9H2. The van der Waals surface area contributed by atoms with Crippen LogP contribution in [0.15, 0.2) is 51.1 Å². The summed E-state index contributed by atoms with van der Waals surface area (Å²) in [6, 6.07) is 8.67. The first kappa shape index (κ1) is 20.4. The lowest BCUT2D eigenvalue weighted by Gasteiger charge is -2.26. The fraction of sp³-hybridized carbons (Fsp3) is 0.250. The van der Waals surface area contributed by atoms with Crippen LogP contribution >= 0.6 is 35.0 Å². The molecule has 0 amide bonds. The maximum Gasteiger partial charge on any atom is 0.270 e. The van der Waals surface area contributed by atoms with Gasteiger partial charge in [0.05, 0.1) is 28.2 Å². The summed E-state index contributed by atoms with van der Waals surface area (Å²) >= 11 is 13.4. The molecular weight excluding hydrogens is 435 g/mol. The van der Waals surface area contributed by atoms with Crippen molar-refractivity contribution in [3.8, 4) is 0 Å². The van der Waals surface area contributed by atoms with E-state index in [9.17, 15) is 18.5 Å². The number of ether oxygens (including phenoxy) is 1. The highest BCUT2D eigenvalue weighted by molar-refractivity contribution is 8.00. The van der Waals surface area contributed by atoms with Gasteiger partial charge in [0.25, 0.3) is 5.69 Å². The number of hydrogen-bond acceptors (Lipinski definition) is 6. The topological polar surface area (TPSA) is 89.8 Å². The number of nitro benzene ring substituents is 1. The van der Waals surface area contributed by atoms with Crippen molar-refractivity contribution >= 4 is 50.7 Å². The van der Waals surface area contributed by atoms with Crippen LogP contribution in [0.4, 0.5) is 5.69 Å². The lowest BCUT2D eigenvalue weighted by Crippen LogP contribution is -2.40. The number of halogens is 2. The molecule has 1 aliphatic rings. The van der Waals surface area contributed by atoms with Gasteiger partial charge in [-0.15, -0.1) is 0 Å². The SMILES string of the molecule is O=[N+]([O-])c1ccc(Sc2c(Cl)cccc2Cl)c(S(=O)(=O)N2CCOCC2)c1. The fourth-order valence-electron chi connectivity index (χ4n) is 2.51. The third-order valence-electron chi connectivity index (χ3n) is 3.86. The minimum atomic E-state index is -3.95. The van der Waals surface area contributed by atoms with Crippen LogP contribution in [0, 0.1) is 10.1 Å². The first-order valence-corrected chi connectivity index (χ1v) is 10.8. The van der Waals surface area contributed by atoms with Gasteiger partial charge in [0.1, 0.15) is 4.90 Å². The lowest BCUT2D eigenvalue weighted by molar-refractivity contribution is -0.385. The van der Waals surface area contributed by atoms with Gasteiger partial charge < -0.3 is 4.74 Å². The zero-order chi connectivity index (χ0) is 19.6. The van der Waals surface area contributed by atoms with Crippen LogP contribution in [0.1, 0.15) is 0 Å². The number of hydrogen-bond donors (Lipinski definition) is 0. The molecule has 144 valence electrons. The van der Waals surface area contributed by atoms with E-state index in [2.05, 4.69) is 0 Å². The Kier molecular flexibility index (Phi) is 6.29. The average Bonchev–Trinajstić information content (AvgIpc) is 2.65. The van der Waals surface area contributed by atoms with E-state index in [4.69, 9.17) is 27.9 Å². The molecule has 2 aromatic rings. The second kappa shape index (κ2) is 8.34. The summed E-state index contributed by atoms with van der Waals surface area (Å²) in [5, 5.41) is 11.9. The van der Waals surface area contributed by atoms with Crippen LogP contribution in [0.2, 0.25) is 10.0 Å². The molecule has 0 radical (unpaired) electrons. The van der Waals surface area contributed by atoms with E-state index in [-0.39, 0.29) is 36.9 Å². The van der Waals surface area contributed by atoms with E-state index in [0.29, 0.717) is 19.8 Å².